The minimum atomic E-state index is -3.68. The number of benzene rings is 2. The first-order valence-electron chi connectivity index (χ1n) is 8.08. The third kappa shape index (κ3) is 4.74. The molecule has 2 aromatic carbocycles. The number of nitriles is 1. The van der Waals surface area contributed by atoms with Gasteiger partial charge in [-0.15, -0.1) is 0 Å². The van der Waals surface area contributed by atoms with E-state index in [2.05, 4.69) is 5.32 Å². The largest absolute Gasteiger partial charge is 0.497 e. The summed E-state index contributed by atoms with van der Waals surface area (Å²) in [6.45, 7) is 3.50. The molecule has 27 heavy (non-hydrogen) atoms. The molecule has 0 saturated heterocycles. The van der Waals surface area contributed by atoms with Gasteiger partial charge in [-0.1, -0.05) is 18.2 Å². The Balaban J connectivity index is 2.24. The summed E-state index contributed by atoms with van der Waals surface area (Å²) in [5.74, 6) is 0.390. The number of ether oxygens (including phenoxy) is 1. The van der Waals surface area contributed by atoms with Gasteiger partial charge in [-0.25, -0.2) is 8.42 Å². The van der Waals surface area contributed by atoms with E-state index >= 15 is 0 Å². The Morgan fingerprint density at radius 1 is 1.19 bits per heavy atom. The van der Waals surface area contributed by atoms with Gasteiger partial charge in [0.05, 0.1) is 23.5 Å². The number of hydrogen-bond acceptors (Lipinski definition) is 5. The van der Waals surface area contributed by atoms with Crippen LogP contribution in [0.5, 0.6) is 5.75 Å². The van der Waals surface area contributed by atoms with Crippen molar-refractivity contribution in [2.24, 2.45) is 0 Å². The van der Waals surface area contributed by atoms with Crippen molar-refractivity contribution in [1.82, 2.24) is 0 Å². The maximum absolute atomic E-state index is 12.7. The quantitative estimate of drug-likeness (QED) is 0.770. The highest BCUT2D eigenvalue weighted by molar-refractivity contribution is 7.94. The van der Waals surface area contributed by atoms with Crippen molar-refractivity contribution in [2.45, 2.75) is 24.2 Å². The highest BCUT2D eigenvalue weighted by Gasteiger charge is 2.30. The molecule has 7 heteroatoms. The Morgan fingerprint density at radius 3 is 2.44 bits per heavy atom. The van der Waals surface area contributed by atoms with Crippen molar-refractivity contribution < 1.29 is 17.9 Å². The van der Waals surface area contributed by atoms with Gasteiger partial charge in [-0.3, -0.25) is 4.79 Å². The number of carbonyl (C=O) groups excluding carboxylic acids is 1. The van der Waals surface area contributed by atoms with Crippen molar-refractivity contribution in [3.05, 3.63) is 65.6 Å². The highest BCUT2D eigenvalue weighted by Crippen LogP contribution is 2.27. The van der Waals surface area contributed by atoms with Crippen LogP contribution in [0.3, 0.4) is 0 Å². The van der Waals surface area contributed by atoms with Gasteiger partial charge in [-0.2, -0.15) is 5.26 Å². The summed E-state index contributed by atoms with van der Waals surface area (Å²) >= 11 is 0. The molecule has 0 fully saturated rings. The van der Waals surface area contributed by atoms with Gasteiger partial charge in [0.25, 0.3) is 0 Å². The van der Waals surface area contributed by atoms with E-state index in [1.165, 1.54) is 12.1 Å². The lowest BCUT2D eigenvalue weighted by Gasteiger charge is -2.24. The van der Waals surface area contributed by atoms with Gasteiger partial charge in [-0.05, 0) is 43.7 Å². The normalized spacial score (nSPS) is 11.8. The molecule has 140 valence electrons. The number of nitrogens with zero attached hydrogens (tertiary/aromatic N) is 1. The fourth-order valence-corrected chi connectivity index (χ4v) is 3.29. The Morgan fingerprint density at radius 2 is 1.85 bits per heavy atom. The van der Waals surface area contributed by atoms with Crippen LogP contribution in [0.1, 0.15) is 19.4 Å². The fourth-order valence-electron chi connectivity index (χ4n) is 2.38. The van der Waals surface area contributed by atoms with Gasteiger partial charge in [0, 0.05) is 23.2 Å². The molecule has 6 nitrogen and oxygen atoms in total. The van der Waals surface area contributed by atoms with Gasteiger partial charge < -0.3 is 10.1 Å². The number of rotatable bonds is 6. The fraction of sp³-hybridized carbons (Fsp3) is 0.200. The van der Waals surface area contributed by atoms with E-state index < -0.39 is 15.3 Å². The second-order valence-corrected chi connectivity index (χ2v) is 8.15. The second kappa shape index (κ2) is 8.06. The zero-order chi connectivity index (χ0) is 20.1. The molecular weight excluding hydrogens is 364 g/mol. The molecule has 0 aromatic heterocycles. The number of hydrogen-bond donors (Lipinski definition) is 1. The summed E-state index contributed by atoms with van der Waals surface area (Å²) in [4.78, 5) is 12.8. The Kier molecular flexibility index (Phi) is 6.03. The molecule has 0 aliphatic heterocycles. The molecule has 0 aliphatic carbocycles. The van der Waals surface area contributed by atoms with Gasteiger partial charge in [0.1, 0.15) is 5.75 Å². The Hall–Kier alpha value is -3.11. The molecule has 0 atom stereocenters. The van der Waals surface area contributed by atoms with Crippen LogP contribution in [0.4, 0.5) is 5.69 Å². The van der Waals surface area contributed by atoms with Crippen molar-refractivity contribution in [3.8, 4) is 11.8 Å². The number of nitrogens with one attached hydrogen (secondary N) is 1. The molecule has 2 rings (SSSR count). The van der Waals surface area contributed by atoms with Crippen LogP contribution >= 0.6 is 0 Å². The highest BCUT2D eigenvalue weighted by atomic mass is 32.2. The summed E-state index contributed by atoms with van der Waals surface area (Å²) in [5.41, 5.74) is 0.368. The van der Waals surface area contributed by atoms with Crippen LogP contribution in [0.15, 0.2) is 64.9 Å². The molecule has 0 bridgehead atoms. The van der Waals surface area contributed by atoms with E-state index in [-0.39, 0.29) is 10.8 Å². The monoisotopic (exact) mass is 384 g/mol. The molecule has 1 amide bonds. The third-order valence-electron chi connectivity index (χ3n) is 4.12. The lowest BCUT2D eigenvalue weighted by molar-refractivity contribution is -0.120. The number of carbonyl (C=O) groups is 1. The van der Waals surface area contributed by atoms with Crippen LogP contribution in [0, 0.1) is 11.3 Å². The number of methoxy groups -OCH3 is 1. The summed E-state index contributed by atoms with van der Waals surface area (Å²) in [7, 11) is -2.13. The molecule has 0 spiro atoms. The van der Waals surface area contributed by atoms with E-state index in [9.17, 15) is 13.2 Å². The van der Waals surface area contributed by atoms with Gasteiger partial charge in [0.2, 0.25) is 15.7 Å². The molecule has 0 unspecified atom stereocenters. The Labute approximate surface area is 159 Å². The van der Waals surface area contributed by atoms with Crippen LogP contribution in [0.25, 0.3) is 0 Å². The van der Waals surface area contributed by atoms with Crippen LogP contribution < -0.4 is 10.1 Å². The zero-order valence-electron chi connectivity index (χ0n) is 15.3. The predicted molar refractivity (Wildman–Crippen MR) is 103 cm³/mol. The standard InChI is InChI=1S/C20H20N2O4S/c1-20(2,19(23)22-16-6-4-7-17(14-16)26-3)15-8-10-18(11-9-15)27(24,25)13-5-12-21/h4-11,13-14H,1-3H3,(H,22,23)/b13-5+. The molecule has 0 aliphatic rings. The van der Waals surface area contributed by atoms with Gasteiger partial charge in [0.15, 0.2) is 0 Å². The van der Waals surface area contributed by atoms with Crippen molar-refractivity contribution >= 4 is 21.4 Å². The molecule has 0 heterocycles. The number of allylic oxidation sites excluding steroid dienone is 1. The topological polar surface area (TPSA) is 96.3 Å². The molecule has 0 saturated carbocycles. The van der Waals surface area contributed by atoms with E-state index in [1.807, 2.05) is 0 Å². The maximum atomic E-state index is 12.7. The van der Waals surface area contributed by atoms with Crippen LogP contribution in [0.2, 0.25) is 0 Å². The number of anilines is 1. The summed E-state index contributed by atoms with van der Waals surface area (Å²) < 4.78 is 29.3. The molecule has 2 aromatic rings. The van der Waals surface area contributed by atoms with E-state index in [1.54, 1.807) is 63.4 Å². The minimum Gasteiger partial charge on any atom is -0.497 e. The number of sulfone groups is 1. The molecular formula is C20H20N2O4S. The van der Waals surface area contributed by atoms with Crippen molar-refractivity contribution in [3.63, 3.8) is 0 Å². The van der Waals surface area contributed by atoms with E-state index in [0.717, 1.165) is 11.5 Å². The molecule has 0 radical (unpaired) electrons. The first-order valence-corrected chi connectivity index (χ1v) is 9.62. The third-order valence-corrected chi connectivity index (χ3v) is 5.55. The predicted octanol–water partition coefficient (Wildman–Crippen LogP) is 3.42. The van der Waals surface area contributed by atoms with Crippen molar-refractivity contribution in [2.75, 3.05) is 12.4 Å². The maximum Gasteiger partial charge on any atom is 0.234 e. The first-order chi connectivity index (χ1) is 12.7. The average Bonchev–Trinajstić information content (AvgIpc) is 2.66. The van der Waals surface area contributed by atoms with Crippen molar-refractivity contribution in [1.29, 1.82) is 5.26 Å². The van der Waals surface area contributed by atoms with Crippen LogP contribution in [-0.2, 0) is 20.0 Å². The van der Waals surface area contributed by atoms with E-state index in [0.29, 0.717) is 17.0 Å². The average molecular weight is 384 g/mol. The Bertz CT molecular complexity index is 1000. The van der Waals surface area contributed by atoms with E-state index in [4.69, 9.17) is 10.00 Å². The SMILES string of the molecule is COc1cccc(NC(=O)C(C)(C)c2ccc(S(=O)(=O)/C=C/C#N)cc2)c1. The smallest absolute Gasteiger partial charge is 0.234 e. The number of amides is 1. The summed E-state index contributed by atoms with van der Waals surface area (Å²) in [5, 5.41) is 12.2. The second-order valence-electron chi connectivity index (χ2n) is 6.31. The zero-order valence-corrected chi connectivity index (χ0v) is 16.1. The lowest BCUT2D eigenvalue weighted by Crippen LogP contribution is -2.34. The first kappa shape index (κ1) is 20.2. The minimum absolute atomic E-state index is 0.0572. The lowest BCUT2D eigenvalue weighted by atomic mass is 9.83. The summed E-state index contributed by atoms with van der Waals surface area (Å²) in [6, 6.07) is 14.7. The summed E-state index contributed by atoms with van der Waals surface area (Å²) in [6.07, 6.45) is 0.911. The van der Waals surface area contributed by atoms with Gasteiger partial charge >= 0.3 is 0 Å². The van der Waals surface area contributed by atoms with Crippen LogP contribution in [-0.4, -0.2) is 21.4 Å². The molecule has 1 N–H and O–H groups in total.